The van der Waals surface area contributed by atoms with E-state index in [0.29, 0.717) is 0 Å². The molecule has 1 N–H and O–H groups in total. The monoisotopic (exact) mass is 367 g/mol. The Kier molecular flexibility index (Phi) is 6.52. The van der Waals surface area contributed by atoms with Gasteiger partial charge in [-0.3, -0.25) is 4.99 Å². The predicted molar refractivity (Wildman–Crippen MR) is 110 cm³/mol. The number of nitrogens with one attached hydrogen (secondary N) is 1. The minimum absolute atomic E-state index is 0.725. The van der Waals surface area contributed by atoms with E-state index < -0.39 is 0 Å². The first-order valence-corrected chi connectivity index (χ1v) is 9.44. The Bertz CT molecular complexity index is 753. The number of rotatable bonds is 6. The molecule has 6 heteroatoms. The Balaban J connectivity index is 1.57. The van der Waals surface area contributed by atoms with Crippen molar-refractivity contribution in [1.82, 2.24) is 15.2 Å². The standard InChI is InChI=1S/C21H29N5O/c1-22-21(25(2)16-17-6-8-19(27-3)9-7-17)24-15-18-10-11-23-20(14-18)26-12-4-5-13-26/h6-11,14H,4-5,12-13,15-16H2,1-3H3,(H,22,24). The lowest BCUT2D eigenvalue weighted by Gasteiger charge is -2.23. The van der Waals surface area contributed by atoms with Crippen LogP contribution in [0.15, 0.2) is 47.6 Å². The van der Waals surface area contributed by atoms with Crippen LogP contribution in [0.25, 0.3) is 0 Å². The minimum atomic E-state index is 0.725. The van der Waals surface area contributed by atoms with Gasteiger partial charge in [0.25, 0.3) is 0 Å². The molecule has 1 aliphatic rings. The Morgan fingerprint density at radius 1 is 1.19 bits per heavy atom. The average molecular weight is 367 g/mol. The van der Waals surface area contributed by atoms with E-state index in [-0.39, 0.29) is 0 Å². The normalized spacial score (nSPS) is 14.3. The van der Waals surface area contributed by atoms with E-state index in [1.165, 1.54) is 24.0 Å². The van der Waals surface area contributed by atoms with Crippen LogP contribution in [-0.4, -0.2) is 50.1 Å². The molecule has 0 radical (unpaired) electrons. The summed E-state index contributed by atoms with van der Waals surface area (Å²) in [5.41, 5.74) is 2.42. The smallest absolute Gasteiger partial charge is 0.193 e. The topological polar surface area (TPSA) is 53.0 Å². The van der Waals surface area contributed by atoms with Crippen LogP contribution in [0, 0.1) is 0 Å². The highest BCUT2D eigenvalue weighted by atomic mass is 16.5. The summed E-state index contributed by atoms with van der Waals surface area (Å²) in [6.45, 7) is 3.72. The molecule has 1 aromatic carbocycles. The average Bonchev–Trinajstić information content (AvgIpc) is 3.24. The lowest BCUT2D eigenvalue weighted by Crippen LogP contribution is -2.38. The number of pyridine rings is 1. The molecule has 1 fully saturated rings. The molecule has 0 aliphatic carbocycles. The molecule has 0 bridgehead atoms. The van der Waals surface area contributed by atoms with Gasteiger partial charge in [0.2, 0.25) is 0 Å². The van der Waals surface area contributed by atoms with E-state index >= 15 is 0 Å². The van der Waals surface area contributed by atoms with Crippen LogP contribution in [0.1, 0.15) is 24.0 Å². The lowest BCUT2D eigenvalue weighted by molar-refractivity contribution is 0.414. The molecule has 0 amide bonds. The number of ether oxygens (including phenoxy) is 1. The molecule has 2 aromatic rings. The zero-order valence-corrected chi connectivity index (χ0v) is 16.5. The first kappa shape index (κ1) is 19.0. The third-order valence-corrected chi connectivity index (χ3v) is 4.84. The highest BCUT2D eigenvalue weighted by Gasteiger charge is 2.14. The lowest BCUT2D eigenvalue weighted by atomic mass is 10.2. The number of aromatic nitrogens is 1. The van der Waals surface area contributed by atoms with Crippen molar-refractivity contribution in [3.8, 4) is 5.75 Å². The van der Waals surface area contributed by atoms with E-state index in [2.05, 4.69) is 49.4 Å². The van der Waals surface area contributed by atoms with Gasteiger partial charge in [-0.1, -0.05) is 12.1 Å². The van der Waals surface area contributed by atoms with E-state index in [0.717, 1.165) is 43.7 Å². The van der Waals surface area contributed by atoms with Crippen LogP contribution in [0.4, 0.5) is 5.82 Å². The molecule has 27 heavy (non-hydrogen) atoms. The Morgan fingerprint density at radius 3 is 2.59 bits per heavy atom. The van der Waals surface area contributed by atoms with E-state index in [1.54, 1.807) is 7.11 Å². The molecule has 0 saturated carbocycles. The van der Waals surface area contributed by atoms with Gasteiger partial charge in [-0.05, 0) is 48.2 Å². The number of anilines is 1. The van der Waals surface area contributed by atoms with Crippen molar-refractivity contribution < 1.29 is 4.74 Å². The molecular formula is C21H29N5O. The minimum Gasteiger partial charge on any atom is -0.497 e. The van der Waals surface area contributed by atoms with Gasteiger partial charge in [0.1, 0.15) is 11.6 Å². The molecular weight excluding hydrogens is 338 g/mol. The second-order valence-electron chi connectivity index (χ2n) is 6.82. The van der Waals surface area contributed by atoms with Crippen molar-refractivity contribution in [1.29, 1.82) is 0 Å². The van der Waals surface area contributed by atoms with Gasteiger partial charge in [0, 0.05) is 46.5 Å². The molecule has 3 rings (SSSR count). The fraction of sp³-hybridized carbons (Fsp3) is 0.429. The molecule has 1 aromatic heterocycles. The third-order valence-electron chi connectivity index (χ3n) is 4.84. The molecule has 2 heterocycles. The number of nitrogens with zero attached hydrogens (tertiary/aromatic N) is 4. The van der Waals surface area contributed by atoms with Gasteiger partial charge in [0.15, 0.2) is 5.96 Å². The largest absolute Gasteiger partial charge is 0.497 e. The summed E-state index contributed by atoms with van der Waals surface area (Å²) in [5.74, 6) is 2.81. The fourth-order valence-corrected chi connectivity index (χ4v) is 3.34. The van der Waals surface area contributed by atoms with Crippen LogP contribution in [0.5, 0.6) is 5.75 Å². The second-order valence-corrected chi connectivity index (χ2v) is 6.82. The van der Waals surface area contributed by atoms with Crippen LogP contribution < -0.4 is 15.0 Å². The number of benzene rings is 1. The molecule has 0 unspecified atom stereocenters. The maximum atomic E-state index is 5.22. The summed E-state index contributed by atoms with van der Waals surface area (Å²) in [6, 6.07) is 12.4. The quantitative estimate of drug-likeness (QED) is 0.628. The summed E-state index contributed by atoms with van der Waals surface area (Å²) in [6.07, 6.45) is 4.41. The molecule has 0 atom stereocenters. The molecule has 144 valence electrons. The molecule has 1 saturated heterocycles. The summed E-state index contributed by atoms with van der Waals surface area (Å²) >= 11 is 0. The molecule has 6 nitrogen and oxygen atoms in total. The summed E-state index contributed by atoms with van der Waals surface area (Å²) in [4.78, 5) is 13.4. The maximum Gasteiger partial charge on any atom is 0.193 e. The Morgan fingerprint density at radius 2 is 1.93 bits per heavy atom. The van der Waals surface area contributed by atoms with Crippen LogP contribution in [0.2, 0.25) is 0 Å². The first-order valence-electron chi connectivity index (χ1n) is 9.44. The van der Waals surface area contributed by atoms with Gasteiger partial charge in [-0.25, -0.2) is 4.98 Å². The van der Waals surface area contributed by atoms with Gasteiger partial charge >= 0.3 is 0 Å². The van der Waals surface area contributed by atoms with Crippen molar-refractivity contribution in [2.75, 3.05) is 39.2 Å². The van der Waals surface area contributed by atoms with Gasteiger partial charge in [-0.15, -0.1) is 0 Å². The van der Waals surface area contributed by atoms with Crippen LogP contribution in [0.3, 0.4) is 0 Å². The summed E-state index contributed by atoms with van der Waals surface area (Å²) < 4.78 is 5.22. The molecule has 1 aliphatic heterocycles. The number of hydrogen-bond donors (Lipinski definition) is 1. The van der Waals surface area contributed by atoms with E-state index in [1.807, 2.05) is 32.4 Å². The van der Waals surface area contributed by atoms with Crippen molar-refractivity contribution in [2.45, 2.75) is 25.9 Å². The van der Waals surface area contributed by atoms with E-state index in [9.17, 15) is 0 Å². The zero-order chi connectivity index (χ0) is 19.1. The predicted octanol–water partition coefficient (Wildman–Crippen LogP) is 2.90. The zero-order valence-electron chi connectivity index (χ0n) is 16.5. The SMILES string of the molecule is CN=C(NCc1ccnc(N2CCCC2)c1)N(C)Cc1ccc(OC)cc1. The highest BCUT2D eigenvalue weighted by molar-refractivity contribution is 5.79. The number of guanidine groups is 1. The Hall–Kier alpha value is -2.76. The fourth-order valence-electron chi connectivity index (χ4n) is 3.34. The van der Waals surface area contributed by atoms with Crippen molar-refractivity contribution in [3.05, 3.63) is 53.7 Å². The van der Waals surface area contributed by atoms with Gasteiger partial charge in [-0.2, -0.15) is 0 Å². The number of hydrogen-bond acceptors (Lipinski definition) is 4. The number of aliphatic imine (C=N–C) groups is 1. The molecule has 0 spiro atoms. The second kappa shape index (κ2) is 9.26. The third kappa shape index (κ3) is 5.12. The Labute approximate surface area is 161 Å². The van der Waals surface area contributed by atoms with Gasteiger partial charge in [0.05, 0.1) is 7.11 Å². The first-order chi connectivity index (χ1) is 13.2. The van der Waals surface area contributed by atoms with Crippen LogP contribution in [-0.2, 0) is 13.1 Å². The van der Waals surface area contributed by atoms with E-state index in [4.69, 9.17) is 4.74 Å². The van der Waals surface area contributed by atoms with Crippen molar-refractivity contribution in [2.24, 2.45) is 4.99 Å². The maximum absolute atomic E-state index is 5.22. The highest BCUT2D eigenvalue weighted by Crippen LogP contribution is 2.18. The summed E-state index contributed by atoms with van der Waals surface area (Å²) in [5, 5.41) is 3.45. The van der Waals surface area contributed by atoms with Crippen LogP contribution >= 0.6 is 0 Å². The summed E-state index contributed by atoms with van der Waals surface area (Å²) in [7, 11) is 5.54. The van der Waals surface area contributed by atoms with Gasteiger partial charge < -0.3 is 19.9 Å². The van der Waals surface area contributed by atoms with Crippen molar-refractivity contribution in [3.63, 3.8) is 0 Å². The van der Waals surface area contributed by atoms with Crippen molar-refractivity contribution >= 4 is 11.8 Å². The number of methoxy groups -OCH3 is 1.